The van der Waals surface area contributed by atoms with Gasteiger partial charge in [-0.2, -0.15) is 0 Å². The van der Waals surface area contributed by atoms with Crippen LogP contribution in [0.2, 0.25) is 0 Å². The van der Waals surface area contributed by atoms with E-state index in [1.54, 1.807) is 0 Å². The molecule has 0 bridgehead atoms. The first kappa shape index (κ1) is 26.0. The first-order chi connectivity index (χ1) is 15.3. The molecule has 1 aromatic heterocycles. The van der Waals surface area contributed by atoms with Gasteiger partial charge in [-0.05, 0) is 53.5 Å². The summed E-state index contributed by atoms with van der Waals surface area (Å²) in [5.74, 6) is -0.768. The van der Waals surface area contributed by atoms with Crippen molar-refractivity contribution in [2.45, 2.75) is 89.4 Å². The normalized spacial score (nSPS) is 14.4. The predicted octanol–water partition coefficient (Wildman–Crippen LogP) is 3.73. The van der Waals surface area contributed by atoms with Crippen molar-refractivity contribution < 1.29 is 28.2 Å². The number of aliphatic hydroxyl groups is 2. The van der Waals surface area contributed by atoms with E-state index < -0.39 is 33.6 Å². The molecule has 0 saturated heterocycles. The number of hydrogen-bond acceptors (Lipinski definition) is 8. The van der Waals surface area contributed by atoms with E-state index in [0.29, 0.717) is 13.2 Å². The van der Waals surface area contributed by atoms with Crippen molar-refractivity contribution in [2.75, 3.05) is 5.75 Å². The number of rotatable bonds is 9. The predicted molar refractivity (Wildman–Crippen MR) is 127 cm³/mol. The van der Waals surface area contributed by atoms with Gasteiger partial charge in [0.2, 0.25) is 0 Å². The lowest BCUT2D eigenvalue weighted by atomic mass is 9.82. The first-order valence-corrected chi connectivity index (χ1v) is 13.6. The van der Waals surface area contributed by atoms with Crippen LogP contribution in [0.5, 0.6) is 0 Å². The molecule has 9 heteroatoms. The third-order valence-electron chi connectivity index (χ3n) is 5.76. The summed E-state index contributed by atoms with van der Waals surface area (Å²) >= 11 is 0.801. The van der Waals surface area contributed by atoms with Crippen LogP contribution >= 0.6 is 11.3 Å². The van der Waals surface area contributed by atoms with E-state index >= 15 is 0 Å². The van der Waals surface area contributed by atoms with Gasteiger partial charge < -0.3 is 14.9 Å². The Morgan fingerprint density at radius 2 is 1.88 bits per heavy atom. The first-order valence-electron chi connectivity index (χ1n) is 11.1. The Balaban J connectivity index is 1.97. The maximum atomic E-state index is 13.1. The summed E-state index contributed by atoms with van der Waals surface area (Å²) in [7, 11) is -4.03. The number of aliphatic hydroxyl groups excluding tert-OH is 1. The van der Waals surface area contributed by atoms with E-state index in [1.807, 2.05) is 0 Å². The topological polar surface area (TPSA) is 114 Å². The van der Waals surface area contributed by atoms with E-state index in [1.165, 1.54) is 13.8 Å². The Morgan fingerprint density at radius 3 is 2.42 bits per heavy atom. The van der Waals surface area contributed by atoms with Crippen LogP contribution in [0.1, 0.15) is 91.9 Å². The van der Waals surface area contributed by atoms with E-state index in [4.69, 9.17) is 4.74 Å². The van der Waals surface area contributed by atoms with Gasteiger partial charge in [-0.15, -0.1) is 11.3 Å². The molecule has 182 valence electrons. The minimum Gasteiger partial charge on any atom is -0.390 e. The summed E-state index contributed by atoms with van der Waals surface area (Å²) in [6.45, 7) is 11.7. The van der Waals surface area contributed by atoms with Crippen LogP contribution in [-0.2, 0) is 51.2 Å². The fourth-order valence-electron chi connectivity index (χ4n) is 4.31. The number of ketones is 1. The van der Waals surface area contributed by atoms with E-state index in [2.05, 4.69) is 38.7 Å². The third-order valence-corrected chi connectivity index (χ3v) is 9.48. The Bertz CT molecular complexity index is 1160. The third kappa shape index (κ3) is 5.38. The molecule has 0 aliphatic carbocycles. The molecular weight excluding hydrogens is 462 g/mol. The molecule has 0 spiro atoms. The molecule has 0 unspecified atom stereocenters. The van der Waals surface area contributed by atoms with Gasteiger partial charge >= 0.3 is 0 Å². The molecule has 3 rings (SSSR count). The molecule has 7 nitrogen and oxygen atoms in total. The van der Waals surface area contributed by atoms with Crippen LogP contribution in [0.25, 0.3) is 0 Å². The largest absolute Gasteiger partial charge is 0.390 e. The van der Waals surface area contributed by atoms with E-state index in [-0.39, 0.29) is 33.2 Å². The number of aromatic nitrogens is 1. The highest BCUT2D eigenvalue weighted by Crippen LogP contribution is 2.37. The fourth-order valence-corrected chi connectivity index (χ4v) is 7.17. The number of sulfone groups is 1. The van der Waals surface area contributed by atoms with Crippen molar-refractivity contribution in [3.63, 3.8) is 0 Å². The summed E-state index contributed by atoms with van der Waals surface area (Å²) < 4.78 is 31.7. The summed E-state index contributed by atoms with van der Waals surface area (Å²) in [4.78, 5) is 17.2. The van der Waals surface area contributed by atoms with Gasteiger partial charge in [-0.3, -0.25) is 4.79 Å². The number of thiazole rings is 1. The minimum atomic E-state index is -4.03. The fraction of sp³-hybridized carbons (Fsp3) is 0.583. The SMILES string of the molecule is CC(C)c1cc2c(c(C(C)C)c1CC(=O)CS(=O)(=O)c1sc(C(C)(C)O)nc1CO)COC2. The van der Waals surface area contributed by atoms with Crippen LogP contribution < -0.4 is 0 Å². The highest BCUT2D eigenvalue weighted by atomic mass is 32.2. The second-order valence-corrected chi connectivity index (χ2v) is 12.9. The molecule has 33 heavy (non-hydrogen) atoms. The number of benzene rings is 1. The second-order valence-electron chi connectivity index (χ2n) is 9.74. The van der Waals surface area contributed by atoms with Crippen molar-refractivity contribution in [2.24, 2.45) is 0 Å². The van der Waals surface area contributed by atoms with E-state index in [9.17, 15) is 23.4 Å². The number of carbonyl (C=O) groups excluding carboxylic acids is 1. The molecule has 1 aromatic carbocycles. The molecule has 2 aromatic rings. The Hall–Kier alpha value is -1.65. The van der Waals surface area contributed by atoms with Gasteiger partial charge in [0, 0.05) is 6.42 Å². The molecule has 1 aliphatic heterocycles. The van der Waals surface area contributed by atoms with Gasteiger partial charge in [0.25, 0.3) is 0 Å². The van der Waals surface area contributed by atoms with Crippen molar-refractivity contribution in [1.82, 2.24) is 4.98 Å². The molecule has 1 aliphatic rings. The molecule has 0 amide bonds. The number of carbonyl (C=O) groups is 1. The smallest absolute Gasteiger partial charge is 0.196 e. The second kappa shape index (κ2) is 9.54. The number of hydrogen-bond donors (Lipinski definition) is 2. The summed E-state index contributed by atoms with van der Waals surface area (Å²) in [5, 5.41) is 20.0. The number of nitrogens with zero attached hydrogens (tertiary/aromatic N) is 1. The number of Topliss-reactive ketones (excluding diaryl/α,β-unsaturated/α-hetero) is 1. The molecule has 0 atom stereocenters. The molecule has 0 saturated carbocycles. The van der Waals surface area contributed by atoms with Crippen LogP contribution in [0.15, 0.2) is 10.3 Å². The Kier molecular flexibility index (Phi) is 7.51. The molecule has 0 radical (unpaired) electrons. The molecular formula is C24H33NO6S2. The quantitative estimate of drug-likeness (QED) is 0.545. The van der Waals surface area contributed by atoms with Gasteiger partial charge in [0.05, 0.1) is 25.5 Å². The van der Waals surface area contributed by atoms with E-state index in [0.717, 1.165) is 39.2 Å². The van der Waals surface area contributed by atoms with Gasteiger partial charge in [0.1, 0.15) is 20.6 Å². The Labute approximate surface area is 199 Å². The summed E-state index contributed by atoms with van der Waals surface area (Å²) in [5.41, 5.74) is 3.89. The molecule has 2 N–H and O–H groups in total. The monoisotopic (exact) mass is 495 g/mol. The van der Waals surface area contributed by atoms with Gasteiger partial charge in [0.15, 0.2) is 15.6 Å². The van der Waals surface area contributed by atoms with Crippen molar-refractivity contribution in [1.29, 1.82) is 0 Å². The highest BCUT2D eigenvalue weighted by molar-refractivity contribution is 7.94. The highest BCUT2D eigenvalue weighted by Gasteiger charge is 2.32. The van der Waals surface area contributed by atoms with Crippen LogP contribution in [0.3, 0.4) is 0 Å². The lowest BCUT2D eigenvalue weighted by molar-refractivity contribution is -0.116. The van der Waals surface area contributed by atoms with Crippen LogP contribution in [0, 0.1) is 0 Å². The zero-order valence-corrected chi connectivity index (χ0v) is 21.7. The van der Waals surface area contributed by atoms with Gasteiger partial charge in [-0.1, -0.05) is 33.8 Å². The van der Waals surface area contributed by atoms with Crippen molar-refractivity contribution in [3.05, 3.63) is 44.6 Å². The lowest BCUT2D eigenvalue weighted by Crippen LogP contribution is -2.21. The zero-order chi connectivity index (χ0) is 24.7. The van der Waals surface area contributed by atoms with Crippen molar-refractivity contribution >= 4 is 27.0 Å². The maximum Gasteiger partial charge on any atom is 0.196 e. The minimum absolute atomic E-state index is 0.0130. The van der Waals surface area contributed by atoms with Crippen molar-refractivity contribution in [3.8, 4) is 0 Å². The van der Waals surface area contributed by atoms with Gasteiger partial charge in [-0.25, -0.2) is 13.4 Å². The zero-order valence-electron chi connectivity index (χ0n) is 20.1. The van der Waals surface area contributed by atoms with Crippen LogP contribution in [-0.4, -0.2) is 35.2 Å². The standard InChI is InChI=1S/C24H33NO6S2/c1-13(2)17-7-15-10-31-11-19(15)21(14(3)4)18(17)8-16(27)12-33(29,30)22-20(9-26)25-23(32-22)24(5,6)28/h7,13-14,26,28H,8-12H2,1-6H3. The summed E-state index contributed by atoms with van der Waals surface area (Å²) in [6, 6.07) is 2.10. The maximum absolute atomic E-state index is 13.1. The average Bonchev–Trinajstić information content (AvgIpc) is 3.33. The lowest BCUT2D eigenvalue weighted by Gasteiger charge is -2.23. The number of ether oxygens (including phenoxy) is 1. The average molecular weight is 496 g/mol. The molecule has 0 fully saturated rings. The van der Waals surface area contributed by atoms with Crippen LogP contribution in [0.4, 0.5) is 0 Å². The molecule has 2 heterocycles. The number of fused-ring (bicyclic) bond motifs is 1. The Morgan fingerprint density at radius 1 is 1.21 bits per heavy atom. The summed E-state index contributed by atoms with van der Waals surface area (Å²) in [6.07, 6.45) is 0.0130.